The molecular weight excluding hydrogens is 658 g/mol. The van der Waals surface area contributed by atoms with Gasteiger partial charge in [-0.2, -0.15) is 4.57 Å². The molecule has 0 amide bonds. The summed E-state index contributed by atoms with van der Waals surface area (Å²) in [4.78, 5) is 52.2. The van der Waals surface area contributed by atoms with Crippen molar-refractivity contribution >= 4 is 23.9 Å². The molecule has 238 valence electrons. The molecule has 0 N–H and O–H groups in total. The fourth-order valence-electron chi connectivity index (χ4n) is 4.88. The lowest BCUT2D eigenvalue weighted by Crippen LogP contribution is -3.00. The van der Waals surface area contributed by atoms with Gasteiger partial charge < -0.3 is 40.7 Å². The number of hydrogen-bond acceptors (Lipinski definition) is 9. The molecule has 1 aliphatic rings. The largest absolute Gasteiger partial charge is 1.00 e. The molecule has 46 heavy (non-hydrogen) atoms. The standard InChI is InChI=1S/C35H32NO9.BrH/c1-3-41-33(38)27-20-19-23(2)36(21-27)31-30(45-35(40)26-17-11-6-12-18-26)29(44-34(39)25-15-9-5-10-16-25)28(43-31)22-42-32(37)24-13-7-4-8-14-24;/h4-21,28-31H,3,22H2,1-2H3;1H/q+1;/p-1. The van der Waals surface area contributed by atoms with Gasteiger partial charge in [-0.1, -0.05) is 54.6 Å². The third-order valence-electron chi connectivity index (χ3n) is 7.15. The second-order valence-corrected chi connectivity index (χ2v) is 10.2. The van der Waals surface area contributed by atoms with Crippen LogP contribution in [0.15, 0.2) is 109 Å². The van der Waals surface area contributed by atoms with Gasteiger partial charge in [-0.05, 0) is 49.4 Å². The highest BCUT2D eigenvalue weighted by Gasteiger charge is 2.55. The van der Waals surface area contributed by atoms with Crippen molar-refractivity contribution < 1.29 is 64.4 Å². The molecule has 0 saturated carbocycles. The fourth-order valence-corrected chi connectivity index (χ4v) is 4.88. The maximum Gasteiger partial charge on any atom is 0.344 e. The van der Waals surface area contributed by atoms with E-state index >= 15 is 0 Å². The third kappa shape index (κ3) is 8.04. The van der Waals surface area contributed by atoms with E-state index in [-0.39, 0.29) is 46.9 Å². The van der Waals surface area contributed by atoms with Crippen molar-refractivity contribution in [2.45, 2.75) is 38.4 Å². The minimum absolute atomic E-state index is 0. The highest BCUT2D eigenvalue weighted by molar-refractivity contribution is 5.91. The van der Waals surface area contributed by atoms with Crippen molar-refractivity contribution in [1.29, 1.82) is 0 Å². The number of esters is 4. The van der Waals surface area contributed by atoms with E-state index in [1.807, 2.05) is 0 Å². The molecule has 11 heteroatoms. The summed E-state index contributed by atoms with van der Waals surface area (Å²) in [6.07, 6.45) is -3.04. The Labute approximate surface area is 276 Å². The van der Waals surface area contributed by atoms with Crippen LogP contribution < -0.4 is 21.5 Å². The van der Waals surface area contributed by atoms with E-state index in [2.05, 4.69) is 0 Å². The van der Waals surface area contributed by atoms with Gasteiger partial charge in [0.2, 0.25) is 6.10 Å². The van der Waals surface area contributed by atoms with Crippen molar-refractivity contribution in [3.05, 3.63) is 137 Å². The molecule has 0 spiro atoms. The third-order valence-corrected chi connectivity index (χ3v) is 7.15. The van der Waals surface area contributed by atoms with E-state index in [0.717, 1.165) is 0 Å². The van der Waals surface area contributed by atoms with Crippen LogP contribution in [-0.4, -0.2) is 55.4 Å². The van der Waals surface area contributed by atoms with Gasteiger partial charge in [-0.15, -0.1) is 0 Å². The number of pyridine rings is 1. The molecule has 10 nitrogen and oxygen atoms in total. The molecule has 1 aliphatic heterocycles. The maximum atomic E-state index is 13.4. The van der Waals surface area contributed by atoms with Crippen molar-refractivity contribution in [1.82, 2.24) is 0 Å². The topological polar surface area (TPSA) is 118 Å². The molecule has 1 fully saturated rings. The Kier molecular flexibility index (Phi) is 11.8. The lowest BCUT2D eigenvalue weighted by Gasteiger charge is -2.23. The zero-order chi connectivity index (χ0) is 31.8. The Balaban J connectivity index is 0.00000480. The minimum atomic E-state index is -1.22. The first-order valence-electron chi connectivity index (χ1n) is 14.4. The SMILES string of the molecule is CCOC(=O)c1ccc(C)[n+](C2OC(COC(=O)c3ccccc3)C(OC(=O)c3ccccc3)C2OC(=O)c2ccccc2)c1.[Br-]. The number of rotatable bonds is 10. The second kappa shape index (κ2) is 15.9. The summed E-state index contributed by atoms with van der Waals surface area (Å²) < 4.78 is 30.8. The number of hydrogen-bond donors (Lipinski definition) is 0. The Morgan fingerprint density at radius 1 is 0.630 bits per heavy atom. The first-order chi connectivity index (χ1) is 21.9. The number of nitrogens with zero attached hydrogens (tertiary/aromatic N) is 1. The van der Waals surface area contributed by atoms with E-state index in [1.165, 1.54) is 6.20 Å². The fraction of sp³-hybridized carbons (Fsp3) is 0.229. The summed E-state index contributed by atoms with van der Waals surface area (Å²) in [7, 11) is 0. The molecule has 4 atom stereocenters. The zero-order valence-electron chi connectivity index (χ0n) is 25.1. The molecule has 0 bridgehead atoms. The number of halogens is 1. The number of benzene rings is 3. The van der Waals surface area contributed by atoms with Gasteiger partial charge in [-0.25, -0.2) is 19.2 Å². The lowest BCUT2D eigenvalue weighted by molar-refractivity contribution is -0.770. The highest BCUT2D eigenvalue weighted by atomic mass is 79.9. The Hall–Kier alpha value is -4.87. The molecule has 5 rings (SSSR count). The smallest absolute Gasteiger partial charge is 0.344 e. The molecular formula is C35H32BrNO9. The minimum Gasteiger partial charge on any atom is -1.00 e. The Morgan fingerprint density at radius 3 is 1.63 bits per heavy atom. The number of ether oxygens (including phenoxy) is 5. The van der Waals surface area contributed by atoms with Crippen LogP contribution in [0.3, 0.4) is 0 Å². The Morgan fingerprint density at radius 2 is 1.11 bits per heavy atom. The highest BCUT2D eigenvalue weighted by Crippen LogP contribution is 2.33. The summed E-state index contributed by atoms with van der Waals surface area (Å²) in [5.41, 5.74) is 1.73. The zero-order valence-corrected chi connectivity index (χ0v) is 26.7. The monoisotopic (exact) mass is 689 g/mol. The Bertz CT molecular complexity index is 1650. The van der Waals surface area contributed by atoms with E-state index in [1.54, 1.807) is 122 Å². The van der Waals surface area contributed by atoms with Gasteiger partial charge in [0.1, 0.15) is 18.3 Å². The molecule has 1 aromatic heterocycles. The number of aryl methyl sites for hydroxylation is 1. The summed E-state index contributed by atoms with van der Waals surface area (Å²) in [5, 5.41) is 0. The summed E-state index contributed by atoms with van der Waals surface area (Å²) in [6, 6.07) is 28.4. The van der Waals surface area contributed by atoms with Gasteiger partial charge in [0, 0.05) is 13.0 Å². The molecule has 4 unspecified atom stereocenters. The van der Waals surface area contributed by atoms with Gasteiger partial charge in [0.25, 0.3) is 0 Å². The predicted molar refractivity (Wildman–Crippen MR) is 159 cm³/mol. The molecule has 1 saturated heterocycles. The summed E-state index contributed by atoms with van der Waals surface area (Å²) in [5.74, 6) is -2.53. The van der Waals surface area contributed by atoms with Crippen molar-refractivity contribution in [3.63, 3.8) is 0 Å². The van der Waals surface area contributed by atoms with Gasteiger partial charge in [0.15, 0.2) is 18.0 Å². The first kappa shape index (κ1) is 34.0. The first-order valence-corrected chi connectivity index (χ1v) is 14.4. The normalized spacial score (nSPS) is 18.5. The van der Waals surface area contributed by atoms with Gasteiger partial charge in [-0.3, -0.25) is 0 Å². The van der Waals surface area contributed by atoms with Crippen LogP contribution in [0.4, 0.5) is 0 Å². The number of aromatic nitrogens is 1. The maximum absolute atomic E-state index is 13.4. The van der Waals surface area contributed by atoms with Crippen LogP contribution in [0, 0.1) is 6.92 Å². The molecule has 0 radical (unpaired) electrons. The van der Waals surface area contributed by atoms with Crippen LogP contribution in [0.5, 0.6) is 0 Å². The molecule has 2 heterocycles. The van der Waals surface area contributed by atoms with Crippen LogP contribution in [0.25, 0.3) is 0 Å². The molecule has 0 aliphatic carbocycles. The summed E-state index contributed by atoms with van der Waals surface area (Å²) >= 11 is 0. The number of carbonyl (C=O) groups excluding carboxylic acids is 4. The molecule has 4 aromatic rings. The average molecular weight is 691 g/mol. The van der Waals surface area contributed by atoms with Crippen molar-refractivity contribution in [2.75, 3.05) is 13.2 Å². The van der Waals surface area contributed by atoms with Crippen LogP contribution >= 0.6 is 0 Å². The van der Waals surface area contributed by atoms with Gasteiger partial charge >= 0.3 is 30.1 Å². The van der Waals surface area contributed by atoms with Crippen LogP contribution in [-0.2, 0) is 23.7 Å². The summed E-state index contributed by atoms with van der Waals surface area (Å²) in [6.45, 7) is 3.33. The van der Waals surface area contributed by atoms with Crippen LogP contribution in [0.2, 0.25) is 0 Å². The van der Waals surface area contributed by atoms with Crippen LogP contribution in [0.1, 0.15) is 60.3 Å². The van der Waals surface area contributed by atoms with Crippen molar-refractivity contribution in [3.8, 4) is 0 Å². The lowest BCUT2D eigenvalue weighted by atomic mass is 10.1. The predicted octanol–water partition coefficient (Wildman–Crippen LogP) is 1.67. The quantitative estimate of drug-likeness (QED) is 0.139. The van der Waals surface area contributed by atoms with Gasteiger partial charge in [0.05, 0.1) is 23.3 Å². The number of carbonyl (C=O) groups is 4. The van der Waals surface area contributed by atoms with E-state index in [4.69, 9.17) is 23.7 Å². The average Bonchev–Trinajstić information content (AvgIpc) is 3.40. The molecule has 3 aromatic carbocycles. The van der Waals surface area contributed by atoms with Crippen molar-refractivity contribution in [2.24, 2.45) is 0 Å². The second-order valence-electron chi connectivity index (χ2n) is 10.2. The van der Waals surface area contributed by atoms with E-state index in [9.17, 15) is 19.2 Å². The van der Waals surface area contributed by atoms with E-state index < -0.39 is 48.4 Å². The van der Waals surface area contributed by atoms with E-state index in [0.29, 0.717) is 11.3 Å².